The molecule has 1 aromatic carbocycles. The Kier molecular flexibility index (Phi) is 6.90. The topological polar surface area (TPSA) is 58.2 Å². The maximum atomic E-state index is 10.7. The van der Waals surface area contributed by atoms with Crippen molar-refractivity contribution in [1.29, 1.82) is 0 Å². The molecule has 2 rings (SSSR count). The molecule has 21 heavy (non-hydrogen) atoms. The minimum atomic E-state index is -4.35. The van der Waals surface area contributed by atoms with Gasteiger partial charge in [0.2, 0.25) is 0 Å². The average molecular weight is 370 g/mol. The maximum Gasteiger partial charge on any atom is 0.296 e. The smallest absolute Gasteiger partial charge is 0.282 e. The second-order valence-electron chi connectivity index (χ2n) is 3.88. The highest BCUT2D eigenvalue weighted by Gasteiger charge is 2.16. The summed E-state index contributed by atoms with van der Waals surface area (Å²) in [7, 11) is -4.35. The third-order valence-electron chi connectivity index (χ3n) is 2.40. The lowest BCUT2D eigenvalue weighted by atomic mass is 10.4. The summed E-state index contributed by atoms with van der Waals surface area (Å²) in [4.78, 5) is -0.455. The lowest BCUT2D eigenvalue weighted by Gasteiger charge is -2.02. The van der Waals surface area contributed by atoms with Gasteiger partial charge in [0.05, 0.1) is 15.1 Å². The van der Waals surface area contributed by atoms with Crippen LogP contribution in [-0.2, 0) is 16.7 Å². The number of aromatic nitrogens is 1. The minimum Gasteiger partial charge on any atom is -0.282 e. The Morgan fingerprint density at radius 2 is 1.52 bits per heavy atom. The SMILES string of the molecule is CC[n+]1ccccc1.O=S(=O)(O)c1cc(Cl)c(Cl)cc1Cl. The van der Waals surface area contributed by atoms with Gasteiger partial charge in [-0.15, -0.1) is 0 Å². The van der Waals surface area contributed by atoms with Gasteiger partial charge in [-0.2, -0.15) is 8.42 Å². The number of hydrogen-bond acceptors (Lipinski definition) is 2. The zero-order valence-electron chi connectivity index (χ0n) is 11.0. The summed E-state index contributed by atoms with van der Waals surface area (Å²) in [6, 6.07) is 8.22. The summed E-state index contributed by atoms with van der Waals surface area (Å²) in [5, 5.41) is -0.0327. The predicted octanol–water partition coefficient (Wildman–Crippen LogP) is 3.89. The molecule has 0 amide bonds. The molecule has 0 atom stereocenters. The van der Waals surface area contributed by atoms with E-state index in [1.54, 1.807) is 0 Å². The normalized spacial score (nSPS) is 10.7. The maximum absolute atomic E-state index is 10.7. The van der Waals surface area contributed by atoms with Gasteiger partial charge in [0, 0.05) is 12.1 Å². The van der Waals surface area contributed by atoms with Crippen LogP contribution in [0.15, 0.2) is 47.6 Å². The van der Waals surface area contributed by atoms with Crippen LogP contribution in [-0.4, -0.2) is 13.0 Å². The van der Waals surface area contributed by atoms with Crippen molar-refractivity contribution in [3.05, 3.63) is 57.8 Å². The number of pyridine rings is 1. The van der Waals surface area contributed by atoms with Gasteiger partial charge in [-0.05, 0) is 19.1 Å². The third kappa shape index (κ3) is 5.80. The molecule has 0 fully saturated rings. The fraction of sp³-hybridized carbons (Fsp3) is 0.154. The van der Waals surface area contributed by atoms with Crippen LogP contribution in [0.1, 0.15) is 6.92 Å². The Morgan fingerprint density at radius 1 is 1.00 bits per heavy atom. The van der Waals surface area contributed by atoms with Crippen molar-refractivity contribution in [1.82, 2.24) is 0 Å². The summed E-state index contributed by atoms with van der Waals surface area (Å²) in [6.45, 7) is 3.18. The van der Waals surface area contributed by atoms with E-state index in [2.05, 4.69) is 23.9 Å². The van der Waals surface area contributed by atoms with Crippen molar-refractivity contribution in [2.75, 3.05) is 0 Å². The van der Waals surface area contributed by atoms with Crippen LogP contribution < -0.4 is 4.57 Å². The summed E-state index contributed by atoms with van der Waals surface area (Å²) < 4.78 is 32.2. The van der Waals surface area contributed by atoms with Crippen molar-refractivity contribution in [3.8, 4) is 0 Å². The molecule has 4 nitrogen and oxygen atoms in total. The van der Waals surface area contributed by atoms with E-state index in [1.807, 2.05) is 18.2 Å². The molecule has 0 saturated carbocycles. The summed E-state index contributed by atoms with van der Waals surface area (Å²) in [5.41, 5.74) is 0. The monoisotopic (exact) mass is 368 g/mol. The molecule has 0 aliphatic carbocycles. The van der Waals surface area contributed by atoms with Crippen LogP contribution in [0.3, 0.4) is 0 Å². The van der Waals surface area contributed by atoms with E-state index in [9.17, 15) is 8.42 Å². The largest absolute Gasteiger partial charge is 0.296 e. The van der Waals surface area contributed by atoms with Crippen LogP contribution >= 0.6 is 34.8 Å². The van der Waals surface area contributed by atoms with Gasteiger partial charge in [-0.25, -0.2) is 4.57 Å². The van der Waals surface area contributed by atoms with E-state index >= 15 is 0 Å². The molecule has 0 aliphatic heterocycles. The van der Waals surface area contributed by atoms with E-state index in [1.165, 1.54) is 0 Å². The highest BCUT2D eigenvalue weighted by molar-refractivity contribution is 7.86. The predicted molar refractivity (Wildman–Crippen MR) is 83.6 cm³/mol. The van der Waals surface area contributed by atoms with Gasteiger partial charge in [0.1, 0.15) is 11.4 Å². The molecular formula is C13H13Cl3NO3S+. The van der Waals surface area contributed by atoms with Crippen LogP contribution in [0.5, 0.6) is 0 Å². The molecule has 0 aliphatic rings. The number of halogens is 3. The van der Waals surface area contributed by atoms with Crippen molar-refractivity contribution in [2.24, 2.45) is 0 Å². The molecule has 0 bridgehead atoms. The Morgan fingerprint density at radius 3 is 1.95 bits per heavy atom. The lowest BCUT2D eigenvalue weighted by Crippen LogP contribution is -2.30. The van der Waals surface area contributed by atoms with E-state index in [0.29, 0.717) is 0 Å². The molecule has 0 radical (unpaired) electrons. The standard InChI is InChI=1S/C7H10N.C6H3Cl3O3S/c1-2-8-6-4-3-5-7-8;7-3-1-5(9)6(2-4(3)8)13(10,11)12/h3-7H,2H2,1H3;1-2H,(H,10,11,12)/q+1;. The number of rotatable bonds is 2. The molecule has 0 unspecified atom stereocenters. The van der Waals surface area contributed by atoms with E-state index in [0.717, 1.165) is 18.7 Å². The highest BCUT2D eigenvalue weighted by Crippen LogP contribution is 2.31. The van der Waals surface area contributed by atoms with Crippen LogP contribution in [0.25, 0.3) is 0 Å². The zero-order valence-corrected chi connectivity index (χ0v) is 14.1. The molecule has 2 aromatic rings. The fourth-order valence-corrected chi connectivity index (χ4v) is 2.82. The molecule has 1 heterocycles. The second kappa shape index (κ2) is 7.96. The van der Waals surface area contributed by atoms with Crippen molar-refractivity contribution >= 4 is 44.9 Å². The number of nitrogens with zero attached hydrogens (tertiary/aromatic N) is 1. The number of benzene rings is 1. The number of hydrogen-bond donors (Lipinski definition) is 1. The van der Waals surface area contributed by atoms with Gasteiger partial charge in [-0.3, -0.25) is 4.55 Å². The van der Waals surface area contributed by atoms with Crippen LogP contribution in [0, 0.1) is 0 Å². The Labute approximate surface area is 138 Å². The molecular weight excluding hydrogens is 357 g/mol. The van der Waals surface area contributed by atoms with Gasteiger partial charge in [0.15, 0.2) is 12.4 Å². The minimum absolute atomic E-state index is 0.0127. The second-order valence-corrected chi connectivity index (χ2v) is 6.49. The Hall–Kier alpha value is -0.850. The first kappa shape index (κ1) is 18.2. The third-order valence-corrected chi connectivity index (χ3v) is 4.44. The Balaban J connectivity index is 0.000000235. The molecule has 0 spiro atoms. The summed E-state index contributed by atoms with van der Waals surface area (Å²) in [5.74, 6) is 0. The molecule has 114 valence electrons. The quantitative estimate of drug-likeness (QED) is 0.496. The average Bonchev–Trinajstić information content (AvgIpc) is 2.43. The molecule has 8 heteroatoms. The fourth-order valence-electron chi connectivity index (χ4n) is 1.35. The van der Waals surface area contributed by atoms with Crippen LogP contribution in [0.2, 0.25) is 15.1 Å². The molecule has 1 aromatic heterocycles. The van der Waals surface area contributed by atoms with Gasteiger partial charge >= 0.3 is 0 Å². The van der Waals surface area contributed by atoms with Gasteiger partial charge in [0.25, 0.3) is 10.1 Å². The Bertz CT molecular complexity index is 706. The number of aryl methyl sites for hydroxylation is 1. The van der Waals surface area contributed by atoms with Crippen LogP contribution in [0.4, 0.5) is 0 Å². The van der Waals surface area contributed by atoms with E-state index in [-0.39, 0.29) is 15.1 Å². The molecule has 1 N–H and O–H groups in total. The van der Waals surface area contributed by atoms with E-state index < -0.39 is 15.0 Å². The molecule has 0 saturated heterocycles. The first-order valence-electron chi connectivity index (χ1n) is 5.81. The summed E-state index contributed by atoms with van der Waals surface area (Å²) in [6.07, 6.45) is 4.11. The lowest BCUT2D eigenvalue weighted by molar-refractivity contribution is -0.693. The zero-order chi connectivity index (χ0) is 16.0. The van der Waals surface area contributed by atoms with Gasteiger partial charge in [-0.1, -0.05) is 40.9 Å². The summed E-state index contributed by atoms with van der Waals surface area (Å²) >= 11 is 16.6. The van der Waals surface area contributed by atoms with Crippen molar-refractivity contribution in [2.45, 2.75) is 18.4 Å². The first-order valence-corrected chi connectivity index (χ1v) is 8.39. The van der Waals surface area contributed by atoms with Crippen molar-refractivity contribution < 1.29 is 17.5 Å². The van der Waals surface area contributed by atoms with Gasteiger partial charge < -0.3 is 0 Å². The highest BCUT2D eigenvalue weighted by atomic mass is 35.5. The van der Waals surface area contributed by atoms with Crippen molar-refractivity contribution in [3.63, 3.8) is 0 Å². The first-order chi connectivity index (χ1) is 9.75. The van der Waals surface area contributed by atoms with E-state index in [4.69, 9.17) is 39.4 Å².